The molecular formula is C16H17F2NO4. The number of carboxylic acid groups (broad SMARTS) is 1. The van der Waals surface area contributed by atoms with E-state index < -0.39 is 29.1 Å². The van der Waals surface area contributed by atoms with E-state index in [1.54, 1.807) is 0 Å². The van der Waals surface area contributed by atoms with E-state index in [4.69, 9.17) is 9.84 Å². The number of hydrogen-bond donors (Lipinski definition) is 2. The van der Waals surface area contributed by atoms with Gasteiger partial charge in [-0.3, -0.25) is 9.59 Å². The molecule has 0 radical (unpaired) electrons. The van der Waals surface area contributed by atoms with Crippen molar-refractivity contribution < 1.29 is 28.2 Å². The highest BCUT2D eigenvalue weighted by Crippen LogP contribution is 2.49. The van der Waals surface area contributed by atoms with Crippen molar-refractivity contribution in [2.45, 2.75) is 30.7 Å². The van der Waals surface area contributed by atoms with Gasteiger partial charge in [0, 0.05) is 12.5 Å². The summed E-state index contributed by atoms with van der Waals surface area (Å²) in [6, 6.07) is 3.92. The maximum atomic E-state index is 13.8. The zero-order valence-corrected chi connectivity index (χ0v) is 12.4. The minimum Gasteiger partial charge on any atom is -0.481 e. The van der Waals surface area contributed by atoms with E-state index in [9.17, 15) is 18.4 Å². The highest BCUT2D eigenvalue weighted by molar-refractivity contribution is 5.84. The molecule has 124 valence electrons. The van der Waals surface area contributed by atoms with Gasteiger partial charge in [-0.1, -0.05) is 12.1 Å². The number of ether oxygens (including phenoxy) is 1. The van der Waals surface area contributed by atoms with Gasteiger partial charge in [-0.15, -0.1) is 0 Å². The van der Waals surface area contributed by atoms with E-state index in [1.165, 1.54) is 12.1 Å². The molecule has 0 spiro atoms. The van der Waals surface area contributed by atoms with Gasteiger partial charge in [-0.05, 0) is 30.4 Å². The second-order valence-electron chi connectivity index (χ2n) is 6.23. The third-order valence-corrected chi connectivity index (χ3v) is 4.49. The molecule has 0 bridgehead atoms. The molecular weight excluding hydrogens is 308 g/mol. The molecule has 1 aliphatic carbocycles. The van der Waals surface area contributed by atoms with Crippen LogP contribution in [0, 0.1) is 17.6 Å². The number of rotatable bonds is 5. The Morgan fingerprint density at radius 2 is 2.17 bits per heavy atom. The third-order valence-electron chi connectivity index (χ3n) is 4.49. The summed E-state index contributed by atoms with van der Waals surface area (Å²) in [5.74, 6) is -4.02. The zero-order valence-electron chi connectivity index (χ0n) is 12.4. The van der Waals surface area contributed by atoms with E-state index in [2.05, 4.69) is 5.32 Å². The fraction of sp³-hybridized carbons (Fsp3) is 0.500. The molecule has 1 amide bonds. The van der Waals surface area contributed by atoms with Gasteiger partial charge in [0.15, 0.2) is 11.6 Å². The van der Waals surface area contributed by atoms with Gasteiger partial charge >= 0.3 is 5.97 Å². The Labute approximate surface area is 131 Å². The van der Waals surface area contributed by atoms with E-state index in [-0.39, 0.29) is 30.4 Å². The Kier molecular flexibility index (Phi) is 4.06. The number of halogens is 2. The van der Waals surface area contributed by atoms with Crippen LogP contribution in [0.1, 0.15) is 30.7 Å². The predicted molar refractivity (Wildman–Crippen MR) is 75.8 cm³/mol. The summed E-state index contributed by atoms with van der Waals surface area (Å²) in [6.45, 7) is 0.539. The minimum absolute atomic E-state index is 0.150. The zero-order chi connectivity index (χ0) is 16.6. The lowest BCUT2D eigenvalue weighted by Gasteiger charge is -2.27. The fourth-order valence-electron chi connectivity index (χ4n) is 3.17. The Morgan fingerprint density at radius 1 is 1.39 bits per heavy atom. The molecule has 7 heteroatoms. The van der Waals surface area contributed by atoms with E-state index in [0.717, 1.165) is 6.07 Å². The molecule has 3 atom stereocenters. The summed E-state index contributed by atoms with van der Waals surface area (Å²) in [5, 5.41) is 11.8. The summed E-state index contributed by atoms with van der Waals surface area (Å²) in [5.41, 5.74) is -0.712. The molecule has 23 heavy (non-hydrogen) atoms. The monoisotopic (exact) mass is 325 g/mol. The summed E-state index contributed by atoms with van der Waals surface area (Å²) in [7, 11) is 0. The predicted octanol–water partition coefficient (Wildman–Crippen LogP) is 1.82. The molecule has 0 aromatic heterocycles. The van der Waals surface area contributed by atoms with Crippen LogP contribution >= 0.6 is 0 Å². The van der Waals surface area contributed by atoms with Crippen LogP contribution in [0.3, 0.4) is 0 Å². The first-order valence-corrected chi connectivity index (χ1v) is 7.47. The van der Waals surface area contributed by atoms with Crippen molar-refractivity contribution >= 4 is 11.9 Å². The maximum Gasteiger partial charge on any atom is 0.305 e. The van der Waals surface area contributed by atoms with Crippen molar-refractivity contribution in [1.82, 2.24) is 5.32 Å². The average molecular weight is 325 g/mol. The number of amides is 1. The summed E-state index contributed by atoms with van der Waals surface area (Å²) < 4.78 is 32.3. The molecule has 3 rings (SSSR count). The van der Waals surface area contributed by atoms with Gasteiger partial charge in [-0.2, -0.15) is 0 Å². The maximum absolute atomic E-state index is 13.8. The molecule has 1 aromatic rings. The van der Waals surface area contributed by atoms with Gasteiger partial charge in [0.05, 0.1) is 18.6 Å². The molecule has 2 fully saturated rings. The van der Waals surface area contributed by atoms with Crippen LogP contribution in [0.15, 0.2) is 18.2 Å². The van der Waals surface area contributed by atoms with Gasteiger partial charge in [0.1, 0.15) is 0 Å². The number of carboxylic acids is 1. The van der Waals surface area contributed by atoms with Crippen LogP contribution in [-0.2, 0) is 14.3 Å². The van der Waals surface area contributed by atoms with Crippen molar-refractivity contribution in [2.75, 3.05) is 13.2 Å². The van der Waals surface area contributed by atoms with Crippen LogP contribution in [0.4, 0.5) is 8.78 Å². The van der Waals surface area contributed by atoms with Gasteiger partial charge < -0.3 is 15.2 Å². The molecule has 2 aliphatic rings. The molecule has 1 aromatic carbocycles. The standard InChI is InChI=1S/C16H17F2NO4/c17-12-3-1-2-9(14(12)18)10-6-11(10)15(22)19-16(7-13(20)21)4-5-23-8-16/h1-3,10-11H,4-8H2,(H,19,22)(H,20,21). The molecule has 1 heterocycles. The SMILES string of the molecule is O=C(O)CC1(NC(=O)C2CC2c2cccc(F)c2F)CCOC1. The van der Waals surface area contributed by atoms with Crippen molar-refractivity contribution in [3.8, 4) is 0 Å². The highest BCUT2D eigenvalue weighted by atomic mass is 19.2. The van der Waals surface area contributed by atoms with Crippen molar-refractivity contribution in [3.05, 3.63) is 35.4 Å². The van der Waals surface area contributed by atoms with Gasteiger partial charge in [-0.25, -0.2) is 8.78 Å². The van der Waals surface area contributed by atoms with Crippen LogP contribution in [0.2, 0.25) is 0 Å². The molecule has 2 N–H and O–H groups in total. The quantitative estimate of drug-likeness (QED) is 0.866. The second kappa shape index (κ2) is 5.88. The smallest absolute Gasteiger partial charge is 0.305 e. The fourth-order valence-corrected chi connectivity index (χ4v) is 3.17. The van der Waals surface area contributed by atoms with E-state index in [1.807, 2.05) is 0 Å². The number of carbonyl (C=O) groups is 2. The van der Waals surface area contributed by atoms with Crippen LogP contribution in [0.25, 0.3) is 0 Å². The number of carbonyl (C=O) groups excluding carboxylic acids is 1. The normalized spacial score (nSPS) is 29.3. The first kappa shape index (κ1) is 15.9. The van der Waals surface area contributed by atoms with Gasteiger partial charge in [0.2, 0.25) is 5.91 Å². The highest BCUT2D eigenvalue weighted by Gasteiger charge is 2.48. The molecule has 5 nitrogen and oxygen atoms in total. The largest absolute Gasteiger partial charge is 0.481 e. The number of nitrogens with one attached hydrogen (secondary N) is 1. The van der Waals surface area contributed by atoms with Crippen molar-refractivity contribution in [2.24, 2.45) is 5.92 Å². The number of benzene rings is 1. The summed E-state index contributed by atoms with van der Waals surface area (Å²) >= 11 is 0. The molecule has 3 unspecified atom stereocenters. The van der Waals surface area contributed by atoms with Gasteiger partial charge in [0.25, 0.3) is 0 Å². The second-order valence-corrected chi connectivity index (χ2v) is 6.23. The third kappa shape index (κ3) is 3.19. The lowest BCUT2D eigenvalue weighted by molar-refractivity contribution is -0.139. The Hall–Kier alpha value is -2.02. The minimum atomic E-state index is -1.01. The van der Waals surface area contributed by atoms with E-state index in [0.29, 0.717) is 19.4 Å². The van der Waals surface area contributed by atoms with E-state index >= 15 is 0 Å². The lowest BCUT2D eigenvalue weighted by Crippen LogP contribution is -2.51. The first-order valence-electron chi connectivity index (χ1n) is 7.47. The summed E-state index contributed by atoms with van der Waals surface area (Å²) in [6.07, 6.45) is 0.636. The Morgan fingerprint density at radius 3 is 2.83 bits per heavy atom. The number of hydrogen-bond acceptors (Lipinski definition) is 3. The van der Waals surface area contributed by atoms with Crippen molar-refractivity contribution in [3.63, 3.8) is 0 Å². The molecule has 1 saturated heterocycles. The Bertz CT molecular complexity index is 643. The van der Waals surface area contributed by atoms with Crippen LogP contribution < -0.4 is 5.32 Å². The van der Waals surface area contributed by atoms with Crippen LogP contribution in [0.5, 0.6) is 0 Å². The molecule has 1 saturated carbocycles. The lowest BCUT2D eigenvalue weighted by atomic mass is 9.94. The first-order chi connectivity index (χ1) is 10.9. The topological polar surface area (TPSA) is 75.6 Å². The summed E-state index contributed by atoms with van der Waals surface area (Å²) in [4.78, 5) is 23.3. The number of aliphatic carboxylic acids is 1. The molecule has 1 aliphatic heterocycles. The average Bonchev–Trinajstić information content (AvgIpc) is 3.16. The Balaban J connectivity index is 1.68. The van der Waals surface area contributed by atoms with Crippen LogP contribution in [-0.4, -0.2) is 35.7 Å². The van der Waals surface area contributed by atoms with Crippen molar-refractivity contribution in [1.29, 1.82) is 0 Å².